The first-order chi connectivity index (χ1) is 6.13. The largest absolute Gasteiger partial charge is 0.365 e. The highest BCUT2D eigenvalue weighted by Crippen LogP contribution is 2.23. The maximum atomic E-state index is 12.8. The minimum atomic E-state index is -0.777. The Balaban J connectivity index is 2.33. The van der Waals surface area contributed by atoms with Crippen molar-refractivity contribution in [1.29, 1.82) is 0 Å². The molecule has 0 spiro atoms. The van der Waals surface area contributed by atoms with Gasteiger partial charge in [-0.1, -0.05) is 6.58 Å². The summed E-state index contributed by atoms with van der Waals surface area (Å²) >= 11 is 5.59. The average Bonchev–Trinajstić information content (AvgIpc) is 2.11. The van der Waals surface area contributed by atoms with Crippen LogP contribution in [0, 0.1) is 0 Å². The fraction of sp³-hybridized carbons (Fsp3) is 0.625. The van der Waals surface area contributed by atoms with Gasteiger partial charge in [-0.3, -0.25) is 0 Å². The van der Waals surface area contributed by atoms with Crippen LogP contribution >= 0.6 is 11.6 Å². The summed E-state index contributed by atoms with van der Waals surface area (Å²) in [4.78, 5) is 3.85. The minimum absolute atomic E-state index is 0.141. The Hall–Kier alpha value is -0.770. The molecule has 1 unspecified atom stereocenters. The predicted octanol–water partition coefficient (Wildman–Crippen LogP) is 1.36. The first-order valence-corrected chi connectivity index (χ1v) is 4.52. The maximum Gasteiger partial charge on any atom is 0.197 e. The van der Waals surface area contributed by atoms with E-state index in [0.717, 1.165) is 6.42 Å². The zero-order valence-electron chi connectivity index (χ0n) is 7.48. The molecule has 2 atom stereocenters. The highest BCUT2D eigenvalue weighted by atomic mass is 35.5. The number of halogens is 2. The maximum absolute atomic E-state index is 12.8. The van der Waals surface area contributed by atoms with Gasteiger partial charge in [0.25, 0.3) is 0 Å². The summed E-state index contributed by atoms with van der Waals surface area (Å²) in [6.45, 7) is 3.61. The van der Waals surface area contributed by atoms with Gasteiger partial charge in [-0.05, 0) is 24.4 Å². The fourth-order valence-electron chi connectivity index (χ4n) is 1.04. The molecule has 0 saturated heterocycles. The van der Waals surface area contributed by atoms with E-state index in [-0.39, 0.29) is 11.3 Å². The number of hydrogen-bond donors (Lipinski definition) is 2. The summed E-state index contributed by atoms with van der Waals surface area (Å²) in [5, 5.41) is 5.73. The van der Waals surface area contributed by atoms with E-state index in [4.69, 9.17) is 11.6 Å². The normalized spacial score (nSPS) is 27.8. The van der Waals surface area contributed by atoms with Crippen LogP contribution < -0.4 is 10.6 Å². The van der Waals surface area contributed by atoms with Crippen LogP contribution in [0.25, 0.3) is 0 Å². The SMILES string of the molecule is C=C(/N=C(/Cl)NC)N[C@@H]1CCC1F. The molecule has 0 bridgehead atoms. The monoisotopic (exact) mass is 205 g/mol. The van der Waals surface area contributed by atoms with Crippen molar-refractivity contribution < 1.29 is 4.39 Å². The van der Waals surface area contributed by atoms with Crippen LogP contribution in [-0.4, -0.2) is 24.6 Å². The third-order valence-corrected chi connectivity index (χ3v) is 2.25. The molecule has 1 fully saturated rings. The predicted molar refractivity (Wildman–Crippen MR) is 52.5 cm³/mol. The summed E-state index contributed by atoms with van der Waals surface area (Å²) in [6, 6.07) is -0.141. The highest BCUT2D eigenvalue weighted by molar-refractivity contribution is 6.64. The molecule has 0 radical (unpaired) electrons. The van der Waals surface area contributed by atoms with Gasteiger partial charge in [-0.2, -0.15) is 0 Å². The zero-order chi connectivity index (χ0) is 9.84. The van der Waals surface area contributed by atoms with E-state index in [0.29, 0.717) is 12.2 Å². The Morgan fingerprint density at radius 3 is 2.69 bits per heavy atom. The van der Waals surface area contributed by atoms with Crippen molar-refractivity contribution >= 4 is 16.9 Å². The first kappa shape index (κ1) is 10.3. The lowest BCUT2D eigenvalue weighted by atomic mass is 9.91. The molecule has 0 aliphatic heterocycles. The number of aliphatic imine (C=N–C) groups is 1. The zero-order valence-corrected chi connectivity index (χ0v) is 8.24. The van der Waals surface area contributed by atoms with Gasteiger partial charge in [0.15, 0.2) is 5.29 Å². The Morgan fingerprint density at radius 2 is 2.31 bits per heavy atom. The molecule has 5 heteroatoms. The topological polar surface area (TPSA) is 36.4 Å². The molecule has 3 nitrogen and oxygen atoms in total. The van der Waals surface area contributed by atoms with Crippen LogP contribution in [0.15, 0.2) is 17.4 Å². The number of nitrogens with one attached hydrogen (secondary N) is 2. The fourth-order valence-corrected chi connectivity index (χ4v) is 1.14. The van der Waals surface area contributed by atoms with Crippen LogP contribution in [0.2, 0.25) is 0 Å². The van der Waals surface area contributed by atoms with E-state index in [1.54, 1.807) is 7.05 Å². The molecule has 0 amide bonds. The van der Waals surface area contributed by atoms with Crippen LogP contribution in [0.1, 0.15) is 12.8 Å². The standard InChI is InChI=1S/C8H13ClFN3/c1-5(13-8(9)11-2)12-7-4-3-6(7)10/h6-7,12H,1,3-4H2,2H3,(H,11,13)/t6?,7-/m1/s1. The molecule has 0 aromatic carbocycles. The molecule has 1 aliphatic carbocycles. The molecule has 2 N–H and O–H groups in total. The summed E-state index contributed by atoms with van der Waals surface area (Å²) in [6.07, 6.45) is 0.668. The lowest BCUT2D eigenvalue weighted by molar-refractivity contribution is 0.151. The molecular weight excluding hydrogens is 193 g/mol. The van der Waals surface area contributed by atoms with Crippen molar-refractivity contribution in [2.75, 3.05) is 7.05 Å². The molecule has 74 valence electrons. The summed E-state index contributed by atoms with van der Waals surface area (Å²) in [7, 11) is 1.65. The third kappa shape index (κ3) is 2.88. The average molecular weight is 206 g/mol. The lowest BCUT2D eigenvalue weighted by Gasteiger charge is -2.31. The second-order valence-electron chi connectivity index (χ2n) is 2.94. The van der Waals surface area contributed by atoms with Crippen molar-refractivity contribution in [2.24, 2.45) is 4.99 Å². The Kier molecular flexibility index (Phi) is 3.54. The third-order valence-electron chi connectivity index (χ3n) is 1.98. The Morgan fingerprint density at radius 1 is 1.62 bits per heavy atom. The van der Waals surface area contributed by atoms with Gasteiger partial charge >= 0.3 is 0 Å². The van der Waals surface area contributed by atoms with E-state index >= 15 is 0 Å². The Labute approximate surface area is 82.1 Å². The Bertz CT molecular complexity index is 229. The van der Waals surface area contributed by atoms with Gasteiger partial charge in [0, 0.05) is 7.05 Å². The first-order valence-electron chi connectivity index (χ1n) is 4.15. The number of nitrogens with zero attached hydrogens (tertiary/aromatic N) is 1. The van der Waals surface area contributed by atoms with Crippen LogP contribution in [0.4, 0.5) is 4.39 Å². The van der Waals surface area contributed by atoms with E-state index in [2.05, 4.69) is 22.2 Å². The van der Waals surface area contributed by atoms with Gasteiger partial charge in [-0.25, -0.2) is 9.38 Å². The van der Waals surface area contributed by atoms with Crippen molar-refractivity contribution in [3.8, 4) is 0 Å². The van der Waals surface area contributed by atoms with Gasteiger partial charge < -0.3 is 10.6 Å². The molecule has 1 rings (SSSR count). The van der Waals surface area contributed by atoms with Gasteiger partial charge in [0.05, 0.1) is 6.04 Å². The second kappa shape index (κ2) is 4.46. The van der Waals surface area contributed by atoms with Crippen molar-refractivity contribution in [3.63, 3.8) is 0 Å². The molecule has 0 aromatic heterocycles. The molecule has 1 saturated carbocycles. The van der Waals surface area contributed by atoms with Gasteiger partial charge in [0.1, 0.15) is 12.0 Å². The van der Waals surface area contributed by atoms with E-state index in [9.17, 15) is 4.39 Å². The summed E-state index contributed by atoms with van der Waals surface area (Å²) in [5.41, 5.74) is 0. The van der Waals surface area contributed by atoms with Crippen LogP contribution in [-0.2, 0) is 0 Å². The summed E-state index contributed by atoms with van der Waals surface area (Å²) < 4.78 is 12.8. The summed E-state index contributed by atoms with van der Waals surface area (Å²) in [5.74, 6) is 0.395. The smallest absolute Gasteiger partial charge is 0.197 e. The minimum Gasteiger partial charge on any atom is -0.365 e. The van der Waals surface area contributed by atoms with E-state index in [1.165, 1.54) is 0 Å². The van der Waals surface area contributed by atoms with E-state index < -0.39 is 6.17 Å². The molecule has 0 heterocycles. The molecule has 0 aromatic rings. The lowest BCUT2D eigenvalue weighted by Crippen LogP contribution is -2.44. The quantitative estimate of drug-likeness (QED) is 0.415. The molecular formula is C8H13ClFN3. The molecule has 13 heavy (non-hydrogen) atoms. The number of hydrogen-bond acceptors (Lipinski definition) is 2. The number of rotatable bonds is 3. The highest BCUT2D eigenvalue weighted by Gasteiger charge is 2.30. The second-order valence-corrected chi connectivity index (χ2v) is 3.30. The van der Waals surface area contributed by atoms with Crippen molar-refractivity contribution in [3.05, 3.63) is 12.4 Å². The van der Waals surface area contributed by atoms with Crippen molar-refractivity contribution in [1.82, 2.24) is 10.6 Å². The van der Waals surface area contributed by atoms with Crippen LogP contribution in [0.3, 0.4) is 0 Å². The van der Waals surface area contributed by atoms with E-state index in [1.807, 2.05) is 0 Å². The van der Waals surface area contributed by atoms with Crippen molar-refractivity contribution in [2.45, 2.75) is 25.1 Å². The van der Waals surface area contributed by atoms with Gasteiger partial charge in [0.2, 0.25) is 0 Å². The molecule has 1 aliphatic rings. The van der Waals surface area contributed by atoms with Gasteiger partial charge in [-0.15, -0.1) is 0 Å². The van der Waals surface area contributed by atoms with Crippen LogP contribution in [0.5, 0.6) is 0 Å². The number of alkyl halides is 1. The number of amidine groups is 1.